The van der Waals surface area contributed by atoms with Gasteiger partial charge in [-0.1, -0.05) is 67.6 Å². The van der Waals surface area contributed by atoms with Crippen LogP contribution in [0.3, 0.4) is 0 Å². The van der Waals surface area contributed by atoms with Gasteiger partial charge < -0.3 is 15.5 Å². The van der Waals surface area contributed by atoms with Crippen molar-refractivity contribution < 1.29 is 0 Å². The molecule has 0 amide bonds. The van der Waals surface area contributed by atoms with Crippen LogP contribution in [0.15, 0.2) is 60.7 Å². The molecule has 0 aliphatic rings. The van der Waals surface area contributed by atoms with Crippen LogP contribution < -0.4 is 10.6 Å². The summed E-state index contributed by atoms with van der Waals surface area (Å²) in [5, 5.41) is 7.60. The van der Waals surface area contributed by atoms with Crippen LogP contribution in [0.4, 0.5) is 0 Å². The van der Waals surface area contributed by atoms with E-state index < -0.39 is 0 Å². The molecule has 0 spiro atoms. The lowest BCUT2D eigenvalue weighted by Crippen LogP contribution is -2.44. The Bertz CT molecular complexity index is 615. The molecule has 2 aromatic carbocycles. The largest absolute Gasteiger partial charge is 0.363 e. The van der Waals surface area contributed by atoms with Crippen molar-refractivity contribution >= 4 is 17.3 Å². The minimum Gasteiger partial charge on any atom is -0.363 e. The van der Waals surface area contributed by atoms with Gasteiger partial charge in [0.1, 0.15) is 0 Å². The molecule has 0 aliphatic heterocycles. The van der Waals surface area contributed by atoms with E-state index in [4.69, 9.17) is 12.2 Å². The van der Waals surface area contributed by atoms with Gasteiger partial charge in [-0.15, -0.1) is 0 Å². The van der Waals surface area contributed by atoms with Crippen LogP contribution in [0.25, 0.3) is 0 Å². The number of hydrogen-bond acceptors (Lipinski definition) is 2. The highest BCUT2D eigenvalue weighted by Gasteiger charge is 2.28. The Balaban J connectivity index is 2.37. The van der Waals surface area contributed by atoms with Crippen molar-refractivity contribution in [2.24, 2.45) is 0 Å². The molecule has 4 heteroatoms. The van der Waals surface area contributed by atoms with Crippen LogP contribution in [0.5, 0.6) is 0 Å². The molecule has 0 radical (unpaired) electrons. The van der Waals surface area contributed by atoms with Gasteiger partial charge in [-0.25, -0.2) is 0 Å². The van der Waals surface area contributed by atoms with Gasteiger partial charge >= 0.3 is 0 Å². The molecular weight excluding hydrogens is 314 g/mol. The summed E-state index contributed by atoms with van der Waals surface area (Å²) in [6, 6.07) is 21.3. The van der Waals surface area contributed by atoms with E-state index in [0.29, 0.717) is 0 Å². The van der Waals surface area contributed by atoms with Crippen molar-refractivity contribution in [2.75, 3.05) is 20.6 Å². The number of thiocarbonyl (C=S) groups is 1. The van der Waals surface area contributed by atoms with Gasteiger partial charge in [0.05, 0.1) is 12.1 Å². The average molecular weight is 342 g/mol. The van der Waals surface area contributed by atoms with Gasteiger partial charge in [-0.05, 0) is 36.8 Å². The topological polar surface area (TPSA) is 27.3 Å². The maximum atomic E-state index is 5.62. The molecule has 0 saturated carbocycles. The van der Waals surface area contributed by atoms with Crippen molar-refractivity contribution in [1.82, 2.24) is 15.5 Å². The smallest absolute Gasteiger partial charge is 0.169 e. The average Bonchev–Trinajstić information content (AvgIpc) is 2.64. The van der Waals surface area contributed by atoms with E-state index in [1.54, 1.807) is 0 Å². The number of nitrogens with zero attached hydrogens (tertiary/aromatic N) is 1. The van der Waals surface area contributed by atoms with Crippen LogP contribution in [0.1, 0.15) is 36.6 Å². The molecule has 24 heavy (non-hydrogen) atoms. The number of nitrogens with one attached hydrogen (secondary N) is 2. The van der Waals surface area contributed by atoms with Crippen LogP contribution in [-0.4, -0.2) is 30.7 Å². The highest BCUT2D eigenvalue weighted by atomic mass is 32.1. The first-order valence-electron chi connectivity index (χ1n) is 8.46. The number of hydrogen-bond donors (Lipinski definition) is 2. The molecule has 2 atom stereocenters. The van der Waals surface area contributed by atoms with Gasteiger partial charge in [0.25, 0.3) is 0 Å². The fourth-order valence-electron chi connectivity index (χ4n) is 2.94. The van der Waals surface area contributed by atoms with E-state index in [0.717, 1.165) is 18.1 Å². The normalized spacial score (nSPS) is 13.1. The van der Waals surface area contributed by atoms with Crippen LogP contribution in [0.2, 0.25) is 0 Å². The Morgan fingerprint density at radius 1 is 1.00 bits per heavy atom. The maximum absolute atomic E-state index is 5.62. The minimum atomic E-state index is 0.107. The second kappa shape index (κ2) is 9.40. The summed E-state index contributed by atoms with van der Waals surface area (Å²) in [5.41, 5.74) is 2.49. The second-order valence-electron chi connectivity index (χ2n) is 5.88. The zero-order valence-corrected chi connectivity index (χ0v) is 15.5. The van der Waals surface area contributed by atoms with Gasteiger partial charge in [0.15, 0.2) is 5.11 Å². The zero-order chi connectivity index (χ0) is 17.4. The third-order valence-electron chi connectivity index (χ3n) is 4.19. The second-order valence-corrected chi connectivity index (χ2v) is 6.26. The lowest BCUT2D eigenvalue weighted by atomic mass is 9.92. The summed E-state index contributed by atoms with van der Waals surface area (Å²) in [7, 11) is 4.07. The summed E-state index contributed by atoms with van der Waals surface area (Å²) in [4.78, 5) is 2.16. The van der Waals surface area contributed by atoms with E-state index in [-0.39, 0.29) is 12.1 Å². The molecule has 0 unspecified atom stereocenters. The minimum absolute atomic E-state index is 0.107. The Kier molecular flexibility index (Phi) is 7.22. The monoisotopic (exact) mass is 341 g/mol. The van der Waals surface area contributed by atoms with E-state index in [9.17, 15) is 0 Å². The van der Waals surface area contributed by atoms with Crippen molar-refractivity contribution in [1.29, 1.82) is 0 Å². The predicted molar refractivity (Wildman–Crippen MR) is 106 cm³/mol. The van der Waals surface area contributed by atoms with Gasteiger partial charge in [-0.3, -0.25) is 0 Å². The van der Waals surface area contributed by atoms with Gasteiger partial charge in [0.2, 0.25) is 0 Å². The van der Waals surface area contributed by atoms with E-state index >= 15 is 0 Å². The predicted octanol–water partition coefficient (Wildman–Crippen LogP) is 3.90. The highest BCUT2D eigenvalue weighted by molar-refractivity contribution is 7.80. The molecule has 2 rings (SSSR count). The quantitative estimate of drug-likeness (QED) is 0.747. The lowest BCUT2D eigenvalue weighted by molar-refractivity contribution is 0.291. The van der Waals surface area contributed by atoms with Crippen molar-refractivity contribution in [3.8, 4) is 0 Å². The zero-order valence-electron chi connectivity index (χ0n) is 14.7. The molecule has 2 aromatic rings. The summed E-state index contributed by atoms with van der Waals surface area (Å²) < 4.78 is 0. The van der Waals surface area contributed by atoms with Crippen LogP contribution in [0, 0.1) is 0 Å². The molecule has 0 aliphatic carbocycles. The molecule has 0 saturated heterocycles. The molecule has 3 nitrogen and oxygen atoms in total. The van der Waals surface area contributed by atoms with Gasteiger partial charge in [0, 0.05) is 13.6 Å². The molecule has 0 heterocycles. The molecule has 128 valence electrons. The fraction of sp³-hybridized carbons (Fsp3) is 0.350. The molecule has 0 aromatic heterocycles. The van der Waals surface area contributed by atoms with Crippen molar-refractivity contribution in [3.63, 3.8) is 0 Å². The lowest BCUT2D eigenvalue weighted by Gasteiger charge is -2.37. The maximum Gasteiger partial charge on any atom is 0.169 e. The standard InChI is InChI=1S/C20H27N3S/c1-4-15-22-20(24)23(3)19(17-13-9-6-10-14-17)18(21-2)16-11-7-5-8-12-16/h5-14,18-19,21H,4,15H2,1-3H3,(H,22,24)/t18-,19-/m1/s1. The summed E-state index contributed by atoms with van der Waals surface area (Å²) in [6.07, 6.45) is 1.05. The first-order chi connectivity index (χ1) is 11.7. The molecular formula is C20H27N3S. The SMILES string of the molecule is CCCNC(=S)N(C)[C@H](c1ccccc1)[C@H](NC)c1ccccc1. The third-order valence-corrected chi connectivity index (χ3v) is 4.62. The Labute approximate surface area is 151 Å². The number of benzene rings is 2. The van der Waals surface area contributed by atoms with E-state index in [1.165, 1.54) is 11.1 Å². The summed E-state index contributed by atoms with van der Waals surface area (Å²) >= 11 is 5.62. The van der Waals surface area contributed by atoms with E-state index in [1.807, 2.05) is 19.2 Å². The van der Waals surface area contributed by atoms with E-state index in [2.05, 4.69) is 78.0 Å². The fourth-order valence-corrected chi connectivity index (χ4v) is 3.16. The molecule has 0 fully saturated rings. The highest BCUT2D eigenvalue weighted by Crippen LogP contribution is 2.33. The molecule has 0 bridgehead atoms. The Hall–Kier alpha value is -1.91. The van der Waals surface area contributed by atoms with Gasteiger partial charge in [-0.2, -0.15) is 0 Å². The number of likely N-dealkylation sites (N-methyl/N-ethyl adjacent to an activating group) is 2. The summed E-state index contributed by atoms with van der Waals surface area (Å²) in [6.45, 7) is 3.03. The Morgan fingerprint density at radius 3 is 2.04 bits per heavy atom. The molecule has 2 N–H and O–H groups in total. The number of rotatable bonds is 7. The van der Waals surface area contributed by atoms with Crippen molar-refractivity contribution in [2.45, 2.75) is 25.4 Å². The first kappa shape index (κ1) is 18.4. The first-order valence-corrected chi connectivity index (χ1v) is 8.87. The summed E-state index contributed by atoms with van der Waals surface area (Å²) in [5.74, 6) is 0. The third kappa shape index (κ3) is 4.56. The van der Waals surface area contributed by atoms with Crippen LogP contribution >= 0.6 is 12.2 Å². The van der Waals surface area contributed by atoms with Crippen LogP contribution in [-0.2, 0) is 0 Å². The Morgan fingerprint density at radius 2 is 1.54 bits per heavy atom. The van der Waals surface area contributed by atoms with Crippen molar-refractivity contribution in [3.05, 3.63) is 71.8 Å².